The molecule has 2 aliphatic rings. The first-order valence-corrected chi connectivity index (χ1v) is 10.4. The Morgan fingerprint density at radius 3 is 2.44 bits per heavy atom. The Morgan fingerprint density at radius 1 is 1.11 bits per heavy atom. The summed E-state index contributed by atoms with van der Waals surface area (Å²) in [6, 6.07) is 7.04. The van der Waals surface area contributed by atoms with Crippen LogP contribution >= 0.6 is 0 Å². The molecule has 1 N–H and O–H groups in total. The van der Waals surface area contributed by atoms with Crippen molar-refractivity contribution in [3.63, 3.8) is 0 Å². The van der Waals surface area contributed by atoms with Gasteiger partial charge in [0.1, 0.15) is 5.82 Å². The summed E-state index contributed by atoms with van der Waals surface area (Å²) in [7, 11) is 1.86. The van der Waals surface area contributed by atoms with Gasteiger partial charge in [0.2, 0.25) is 0 Å². The number of piperidine rings is 1. The second-order valence-electron chi connectivity index (χ2n) is 7.64. The molecule has 0 unspecified atom stereocenters. The number of piperazine rings is 1. The van der Waals surface area contributed by atoms with Gasteiger partial charge in [-0.15, -0.1) is 0 Å². The number of nitrogens with one attached hydrogen (secondary N) is 1. The largest absolute Gasteiger partial charge is 0.366 e. The van der Waals surface area contributed by atoms with Crippen LogP contribution in [0, 0.1) is 11.7 Å². The molecular weight excluding hydrogens is 341 g/mol. The van der Waals surface area contributed by atoms with E-state index in [9.17, 15) is 4.39 Å². The molecule has 1 aromatic carbocycles. The second-order valence-corrected chi connectivity index (χ2v) is 7.64. The van der Waals surface area contributed by atoms with Crippen molar-refractivity contribution < 1.29 is 4.39 Å². The zero-order valence-corrected chi connectivity index (χ0v) is 16.8. The Hall–Kier alpha value is -1.82. The summed E-state index contributed by atoms with van der Waals surface area (Å²) in [5, 5.41) is 3.59. The number of para-hydroxylation sites is 1. The molecule has 0 aliphatic carbocycles. The maximum absolute atomic E-state index is 14.0. The monoisotopic (exact) mass is 375 g/mol. The molecule has 27 heavy (non-hydrogen) atoms. The molecule has 2 saturated heterocycles. The third kappa shape index (κ3) is 5.34. The number of halogens is 1. The van der Waals surface area contributed by atoms with Gasteiger partial charge in [0.15, 0.2) is 5.96 Å². The van der Waals surface area contributed by atoms with Crippen molar-refractivity contribution in [2.75, 3.05) is 64.3 Å². The summed E-state index contributed by atoms with van der Waals surface area (Å²) in [4.78, 5) is 11.5. The van der Waals surface area contributed by atoms with E-state index in [1.54, 1.807) is 6.07 Å². The molecule has 0 amide bonds. The Bertz CT molecular complexity index is 604. The molecule has 2 fully saturated rings. The maximum atomic E-state index is 14.0. The van der Waals surface area contributed by atoms with E-state index in [1.165, 1.54) is 45.0 Å². The molecule has 2 aliphatic heterocycles. The van der Waals surface area contributed by atoms with Crippen LogP contribution in [0.4, 0.5) is 10.1 Å². The number of hydrogen-bond acceptors (Lipinski definition) is 3. The molecule has 6 heteroatoms. The number of nitrogens with zero attached hydrogens (tertiary/aromatic N) is 4. The van der Waals surface area contributed by atoms with Crippen LogP contribution in [-0.2, 0) is 0 Å². The van der Waals surface area contributed by atoms with Crippen molar-refractivity contribution in [2.45, 2.75) is 26.2 Å². The highest BCUT2D eigenvalue weighted by Crippen LogP contribution is 2.20. The number of likely N-dealkylation sites (tertiary alicyclic amines) is 1. The van der Waals surface area contributed by atoms with Gasteiger partial charge in [0.05, 0.1) is 5.69 Å². The average Bonchev–Trinajstić information content (AvgIpc) is 2.71. The molecule has 5 nitrogen and oxygen atoms in total. The van der Waals surface area contributed by atoms with E-state index < -0.39 is 0 Å². The summed E-state index contributed by atoms with van der Waals surface area (Å²) >= 11 is 0. The molecule has 0 spiro atoms. The minimum Gasteiger partial charge on any atom is -0.366 e. The van der Waals surface area contributed by atoms with Crippen molar-refractivity contribution in [3.05, 3.63) is 30.1 Å². The maximum Gasteiger partial charge on any atom is 0.193 e. The average molecular weight is 376 g/mol. The first kappa shape index (κ1) is 19.9. The van der Waals surface area contributed by atoms with E-state index in [0.717, 1.165) is 44.6 Å². The molecule has 0 radical (unpaired) electrons. The molecule has 0 atom stereocenters. The van der Waals surface area contributed by atoms with Crippen LogP contribution in [-0.4, -0.2) is 75.2 Å². The Balaban J connectivity index is 1.44. The summed E-state index contributed by atoms with van der Waals surface area (Å²) in [6.45, 7) is 10.3. The van der Waals surface area contributed by atoms with Crippen molar-refractivity contribution in [1.82, 2.24) is 15.1 Å². The fraction of sp³-hybridized carbons (Fsp3) is 0.667. The van der Waals surface area contributed by atoms with E-state index >= 15 is 0 Å². The number of anilines is 1. The summed E-state index contributed by atoms with van der Waals surface area (Å²) in [5.74, 6) is 1.58. The zero-order valence-electron chi connectivity index (χ0n) is 16.8. The number of benzene rings is 1. The van der Waals surface area contributed by atoms with E-state index in [2.05, 4.69) is 31.9 Å². The number of rotatable bonds is 5. The highest BCUT2D eigenvalue weighted by molar-refractivity contribution is 5.80. The summed E-state index contributed by atoms with van der Waals surface area (Å²) < 4.78 is 14.0. The zero-order chi connectivity index (χ0) is 19.1. The van der Waals surface area contributed by atoms with Crippen LogP contribution in [0.25, 0.3) is 0 Å². The van der Waals surface area contributed by atoms with E-state index in [0.29, 0.717) is 5.69 Å². The van der Waals surface area contributed by atoms with Gasteiger partial charge in [-0.05, 0) is 56.9 Å². The molecule has 1 aromatic rings. The van der Waals surface area contributed by atoms with Gasteiger partial charge in [0, 0.05) is 39.8 Å². The van der Waals surface area contributed by atoms with Crippen LogP contribution in [0.1, 0.15) is 26.2 Å². The van der Waals surface area contributed by atoms with Gasteiger partial charge in [-0.25, -0.2) is 4.39 Å². The first-order valence-electron chi connectivity index (χ1n) is 10.4. The molecule has 0 bridgehead atoms. The molecule has 3 rings (SSSR count). The highest BCUT2D eigenvalue weighted by Gasteiger charge is 2.23. The van der Waals surface area contributed by atoms with Gasteiger partial charge < -0.3 is 20.0 Å². The first-order chi connectivity index (χ1) is 13.2. The fourth-order valence-electron chi connectivity index (χ4n) is 4.17. The third-order valence-corrected chi connectivity index (χ3v) is 5.78. The Morgan fingerprint density at radius 2 is 1.81 bits per heavy atom. The SMILES string of the molecule is CCCN1CCC(CNC(=NC)N2CCN(c3ccccc3F)CC2)CC1. The summed E-state index contributed by atoms with van der Waals surface area (Å²) in [6.07, 6.45) is 3.78. The standard InChI is InChI=1S/C21H34FN5/c1-3-10-25-11-8-18(9-12-25)17-24-21(23-2)27-15-13-26(14-16-27)20-7-5-4-6-19(20)22/h4-7,18H,3,8-17H2,1-2H3,(H,23,24). The smallest absolute Gasteiger partial charge is 0.193 e. The van der Waals surface area contributed by atoms with Gasteiger partial charge in [-0.1, -0.05) is 19.1 Å². The lowest BCUT2D eigenvalue weighted by Crippen LogP contribution is -2.53. The number of aliphatic imine (C=N–C) groups is 1. The van der Waals surface area contributed by atoms with Gasteiger partial charge >= 0.3 is 0 Å². The van der Waals surface area contributed by atoms with Crippen LogP contribution in [0.5, 0.6) is 0 Å². The highest BCUT2D eigenvalue weighted by atomic mass is 19.1. The van der Waals surface area contributed by atoms with Crippen LogP contribution < -0.4 is 10.2 Å². The molecular formula is C21H34FN5. The van der Waals surface area contributed by atoms with Crippen LogP contribution in [0.15, 0.2) is 29.3 Å². The van der Waals surface area contributed by atoms with E-state index in [-0.39, 0.29) is 5.82 Å². The van der Waals surface area contributed by atoms with Crippen LogP contribution in [0.2, 0.25) is 0 Å². The lowest BCUT2D eigenvalue weighted by Gasteiger charge is -2.38. The topological polar surface area (TPSA) is 34.1 Å². The summed E-state index contributed by atoms with van der Waals surface area (Å²) in [5.41, 5.74) is 0.707. The van der Waals surface area contributed by atoms with E-state index in [4.69, 9.17) is 0 Å². The Labute approximate surface area is 163 Å². The van der Waals surface area contributed by atoms with Crippen molar-refractivity contribution in [2.24, 2.45) is 10.9 Å². The van der Waals surface area contributed by atoms with Crippen LogP contribution in [0.3, 0.4) is 0 Å². The molecule has 0 aromatic heterocycles. The van der Waals surface area contributed by atoms with Crippen molar-refractivity contribution >= 4 is 11.6 Å². The molecule has 150 valence electrons. The van der Waals surface area contributed by atoms with Crippen molar-refractivity contribution in [1.29, 1.82) is 0 Å². The minimum atomic E-state index is -0.136. The predicted molar refractivity (Wildman–Crippen MR) is 111 cm³/mol. The third-order valence-electron chi connectivity index (χ3n) is 5.78. The number of hydrogen-bond donors (Lipinski definition) is 1. The number of guanidine groups is 1. The normalized spacial score (nSPS) is 20.2. The lowest BCUT2D eigenvalue weighted by molar-refractivity contribution is 0.184. The molecule has 2 heterocycles. The molecule has 0 saturated carbocycles. The quantitative estimate of drug-likeness (QED) is 0.634. The van der Waals surface area contributed by atoms with E-state index in [1.807, 2.05) is 19.2 Å². The van der Waals surface area contributed by atoms with Gasteiger partial charge in [-0.2, -0.15) is 0 Å². The van der Waals surface area contributed by atoms with Gasteiger partial charge in [-0.3, -0.25) is 4.99 Å². The van der Waals surface area contributed by atoms with Gasteiger partial charge in [0.25, 0.3) is 0 Å². The predicted octanol–water partition coefficient (Wildman–Crippen LogP) is 2.65. The minimum absolute atomic E-state index is 0.136. The lowest BCUT2D eigenvalue weighted by atomic mass is 9.97. The second kappa shape index (κ2) is 9.93. The Kier molecular flexibility index (Phi) is 7.33. The fourth-order valence-corrected chi connectivity index (χ4v) is 4.17. The van der Waals surface area contributed by atoms with Crippen molar-refractivity contribution in [3.8, 4) is 0 Å².